The molecule has 2 aliphatic rings. The van der Waals surface area contributed by atoms with E-state index in [1.165, 1.54) is 12.1 Å². The number of nitrogens with one attached hydrogen (secondary N) is 2. The zero-order chi connectivity index (χ0) is 16.7. The average molecular weight is 322 g/mol. The van der Waals surface area contributed by atoms with E-state index >= 15 is 0 Å². The summed E-state index contributed by atoms with van der Waals surface area (Å²) in [5.41, 5.74) is 4.56. The molecule has 0 saturated heterocycles. The molecule has 0 spiro atoms. The molecule has 2 N–H and O–H groups in total. The minimum atomic E-state index is -0.274. The van der Waals surface area contributed by atoms with E-state index in [2.05, 4.69) is 17.6 Å². The number of anilines is 2. The first-order valence-corrected chi connectivity index (χ1v) is 8.26. The van der Waals surface area contributed by atoms with E-state index in [1.807, 2.05) is 24.3 Å². The standard InChI is InChI=1S/C20H19FN2O/c1-12-10-17-19(18(24)11-12)20(13-6-8-14(21)9-7-13)23-16-5-3-2-4-15(16)22-17/h2-9,12,20,22-23H,10-11H2,1H3/t12-,20-/m1/s1. The molecular weight excluding hydrogens is 303 g/mol. The molecule has 2 atom stereocenters. The largest absolute Gasteiger partial charge is 0.372 e. The van der Waals surface area contributed by atoms with Crippen molar-refractivity contribution < 1.29 is 9.18 Å². The first-order chi connectivity index (χ1) is 11.6. The number of fused-ring (bicyclic) bond motifs is 1. The molecule has 0 bridgehead atoms. The predicted molar refractivity (Wildman–Crippen MR) is 93.3 cm³/mol. The maximum absolute atomic E-state index is 13.3. The number of Topliss-reactive ketones (excluding diaryl/α,β-unsaturated/α-hetero) is 1. The van der Waals surface area contributed by atoms with E-state index in [0.717, 1.165) is 34.6 Å². The lowest BCUT2D eigenvalue weighted by atomic mass is 9.82. The van der Waals surface area contributed by atoms with Gasteiger partial charge in [0, 0.05) is 17.7 Å². The highest BCUT2D eigenvalue weighted by Crippen LogP contribution is 2.41. The Morgan fingerprint density at radius 1 is 1.00 bits per heavy atom. The second-order valence-corrected chi connectivity index (χ2v) is 6.63. The van der Waals surface area contributed by atoms with Crippen molar-refractivity contribution in [3.05, 3.63) is 71.2 Å². The van der Waals surface area contributed by atoms with Crippen molar-refractivity contribution >= 4 is 17.2 Å². The number of allylic oxidation sites excluding steroid dienone is 1. The average Bonchev–Trinajstić information content (AvgIpc) is 2.72. The van der Waals surface area contributed by atoms with Gasteiger partial charge in [0.1, 0.15) is 5.82 Å². The fourth-order valence-corrected chi connectivity index (χ4v) is 3.59. The zero-order valence-corrected chi connectivity index (χ0v) is 13.5. The predicted octanol–water partition coefficient (Wildman–Crippen LogP) is 4.66. The fourth-order valence-electron chi connectivity index (χ4n) is 3.59. The third-order valence-electron chi connectivity index (χ3n) is 4.72. The molecule has 122 valence electrons. The number of para-hydroxylation sites is 2. The van der Waals surface area contributed by atoms with Crippen LogP contribution >= 0.6 is 0 Å². The molecule has 1 aliphatic heterocycles. The third kappa shape index (κ3) is 2.58. The third-order valence-corrected chi connectivity index (χ3v) is 4.72. The number of carbonyl (C=O) groups excluding carboxylic acids is 1. The van der Waals surface area contributed by atoms with Crippen LogP contribution in [0.4, 0.5) is 15.8 Å². The topological polar surface area (TPSA) is 41.1 Å². The molecule has 2 aromatic carbocycles. The summed E-state index contributed by atoms with van der Waals surface area (Å²) in [7, 11) is 0. The van der Waals surface area contributed by atoms with Crippen LogP contribution in [-0.4, -0.2) is 5.78 Å². The molecule has 0 radical (unpaired) electrons. The normalized spacial score (nSPS) is 22.8. The van der Waals surface area contributed by atoms with Crippen molar-refractivity contribution in [2.75, 3.05) is 10.6 Å². The molecule has 0 amide bonds. The van der Waals surface area contributed by atoms with Gasteiger partial charge in [0.2, 0.25) is 0 Å². The van der Waals surface area contributed by atoms with Crippen molar-refractivity contribution in [2.45, 2.75) is 25.8 Å². The van der Waals surface area contributed by atoms with Crippen LogP contribution in [0.5, 0.6) is 0 Å². The Bertz CT molecular complexity index is 826. The van der Waals surface area contributed by atoms with Gasteiger partial charge in [0.25, 0.3) is 0 Å². The van der Waals surface area contributed by atoms with Gasteiger partial charge in [-0.05, 0) is 42.2 Å². The Morgan fingerprint density at radius 3 is 2.46 bits per heavy atom. The Morgan fingerprint density at radius 2 is 1.71 bits per heavy atom. The number of benzene rings is 2. The van der Waals surface area contributed by atoms with Crippen LogP contribution in [0.3, 0.4) is 0 Å². The van der Waals surface area contributed by atoms with Crippen molar-refractivity contribution in [2.24, 2.45) is 5.92 Å². The van der Waals surface area contributed by atoms with Crippen molar-refractivity contribution in [3.8, 4) is 0 Å². The summed E-state index contributed by atoms with van der Waals surface area (Å²) in [4.78, 5) is 12.8. The van der Waals surface area contributed by atoms with Crippen LogP contribution in [0.15, 0.2) is 59.8 Å². The van der Waals surface area contributed by atoms with Gasteiger partial charge < -0.3 is 10.6 Å². The highest BCUT2D eigenvalue weighted by atomic mass is 19.1. The minimum absolute atomic E-state index is 0.158. The summed E-state index contributed by atoms with van der Waals surface area (Å²) in [6.07, 6.45) is 1.39. The molecule has 1 heterocycles. The molecule has 4 heteroatoms. The van der Waals surface area contributed by atoms with Crippen molar-refractivity contribution in [1.82, 2.24) is 0 Å². The van der Waals surface area contributed by atoms with Crippen LogP contribution in [-0.2, 0) is 4.79 Å². The second-order valence-electron chi connectivity index (χ2n) is 6.63. The Balaban J connectivity index is 1.87. The molecule has 0 aromatic heterocycles. The van der Waals surface area contributed by atoms with Crippen LogP contribution in [0.25, 0.3) is 0 Å². The Kier molecular flexibility index (Phi) is 3.60. The quantitative estimate of drug-likeness (QED) is 0.802. The number of halogens is 1. The van der Waals surface area contributed by atoms with Gasteiger partial charge in [-0.2, -0.15) is 0 Å². The molecule has 2 aromatic rings. The minimum Gasteiger partial charge on any atom is -0.372 e. The summed E-state index contributed by atoms with van der Waals surface area (Å²) in [5, 5.41) is 6.93. The smallest absolute Gasteiger partial charge is 0.163 e. The fraction of sp³-hybridized carbons (Fsp3) is 0.250. The number of carbonyl (C=O) groups is 1. The number of hydrogen-bond donors (Lipinski definition) is 2. The monoisotopic (exact) mass is 322 g/mol. The summed E-state index contributed by atoms with van der Waals surface area (Å²) in [6, 6.07) is 14.0. The molecule has 0 fully saturated rings. The van der Waals surface area contributed by atoms with E-state index < -0.39 is 0 Å². The van der Waals surface area contributed by atoms with E-state index in [-0.39, 0.29) is 17.6 Å². The molecule has 1 aliphatic carbocycles. The van der Waals surface area contributed by atoms with E-state index in [0.29, 0.717) is 12.3 Å². The molecule has 0 saturated carbocycles. The van der Waals surface area contributed by atoms with Crippen molar-refractivity contribution in [1.29, 1.82) is 0 Å². The van der Waals surface area contributed by atoms with Gasteiger partial charge in [0.15, 0.2) is 5.78 Å². The van der Waals surface area contributed by atoms with Crippen LogP contribution < -0.4 is 10.6 Å². The lowest BCUT2D eigenvalue weighted by molar-refractivity contribution is -0.117. The van der Waals surface area contributed by atoms with Crippen LogP contribution in [0.1, 0.15) is 31.4 Å². The summed E-state index contributed by atoms with van der Waals surface area (Å²) in [6.45, 7) is 2.10. The molecule has 3 nitrogen and oxygen atoms in total. The highest BCUT2D eigenvalue weighted by Gasteiger charge is 2.34. The van der Waals surface area contributed by atoms with Gasteiger partial charge in [-0.1, -0.05) is 31.2 Å². The Labute approximate surface area is 140 Å². The second kappa shape index (κ2) is 5.78. The molecule has 24 heavy (non-hydrogen) atoms. The lowest BCUT2D eigenvalue weighted by Crippen LogP contribution is -2.26. The van der Waals surface area contributed by atoms with E-state index in [1.54, 1.807) is 12.1 Å². The molecular formula is C20H19FN2O. The molecule has 0 unspecified atom stereocenters. The maximum Gasteiger partial charge on any atom is 0.163 e. The summed E-state index contributed by atoms with van der Waals surface area (Å²) in [5.74, 6) is 0.206. The van der Waals surface area contributed by atoms with E-state index in [9.17, 15) is 9.18 Å². The number of rotatable bonds is 1. The van der Waals surface area contributed by atoms with Crippen LogP contribution in [0.2, 0.25) is 0 Å². The molecule has 4 rings (SSSR count). The first-order valence-electron chi connectivity index (χ1n) is 8.26. The van der Waals surface area contributed by atoms with Crippen LogP contribution in [0, 0.1) is 11.7 Å². The maximum atomic E-state index is 13.3. The van der Waals surface area contributed by atoms with Gasteiger partial charge in [-0.3, -0.25) is 4.79 Å². The summed E-state index contributed by atoms with van der Waals surface area (Å²) < 4.78 is 13.3. The highest BCUT2D eigenvalue weighted by molar-refractivity contribution is 6.00. The summed E-state index contributed by atoms with van der Waals surface area (Å²) >= 11 is 0. The van der Waals surface area contributed by atoms with Gasteiger partial charge in [-0.25, -0.2) is 4.39 Å². The number of hydrogen-bond acceptors (Lipinski definition) is 3. The Hall–Kier alpha value is -2.62. The van der Waals surface area contributed by atoms with E-state index in [4.69, 9.17) is 0 Å². The number of ketones is 1. The lowest BCUT2D eigenvalue weighted by Gasteiger charge is -2.28. The SMILES string of the molecule is C[C@H]1CC(=O)C2=C(C1)Nc1ccccc1N[C@@H]2c1ccc(F)cc1. The first kappa shape index (κ1) is 14.9. The van der Waals surface area contributed by atoms with Gasteiger partial charge in [0.05, 0.1) is 17.4 Å². The van der Waals surface area contributed by atoms with Crippen molar-refractivity contribution in [3.63, 3.8) is 0 Å². The zero-order valence-electron chi connectivity index (χ0n) is 13.5. The van der Waals surface area contributed by atoms with Gasteiger partial charge in [-0.15, -0.1) is 0 Å². The van der Waals surface area contributed by atoms with Gasteiger partial charge >= 0.3 is 0 Å².